The lowest BCUT2D eigenvalue weighted by Crippen LogP contribution is -2.19. The zero-order valence-electron chi connectivity index (χ0n) is 6.42. The van der Waals surface area contributed by atoms with Crippen LogP contribution in [0.15, 0.2) is 0 Å². The van der Waals surface area contributed by atoms with Crippen LogP contribution in [0.1, 0.15) is 19.8 Å². The van der Waals surface area contributed by atoms with Crippen LogP contribution in [0.3, 0.4) is 0 Å². The van der Waals surface area contributed by atoms with Gasteiger partial charge in [-0.15, -0.1) is 0 Å². The molecule has 0 radical (unpaired) electrons. The standard InChI is InChI=1S/C7H16O2S/c1-2-3-4-9-7(5-8)6-10/h7-8,10H,2-6H2,1H3/t7-/m0/s1. The maximum atomic E-state index is 8.65. The Labute approximate surface area is 68.0 Å². The van der Waals surface area contributed by atoms with E-state index in [1.165, 1.54) is 0 Å². The molecule has 0 aromatic heterocycles. The Balaban J connectivity index is 3.09. The van der Waals surface area contributed by atoms with E-state index in [1.807, 2.05) is 0 Å². The predicted octanol–water partition coefficient (Wildman–Crippen LogP) is 1.09. The average molecular weight is 164 g/mol. The molecule has 0 saturated heterocycles. The number of aliphatic hydroxyl groups excluding tert-OH is 1. The number of rotatable bonds is 6. The molecule has 0 aliphatic carbocycles. The number of unbranched alkanes of at least 4 members (excludes halogenated alkanes) is 1. The van der Waals surface area contributed by atoms with Crippen LogP contribution in [-0.4, -0.2) is 30.2 Å². The zero-order chi connectivity index (χ0) is 7.82. The summed E-state index contributed by atoms with van der Waals surface area (Å²) in [5.41, 5.74) is 0. The van der Waals surface area contributed by atoms with Gasteiger partial charge < -0.3 is 9.84 Å². The lowest BCUT2D eigenvalue weighted by atomic mass is 10.3. The van der Waals surface area contributed by atoms with Crippen molar-refractivity contribution in [1.29, 1.82) is 0 Å². The molecular weight excluding hydrogens is 148 g/mol. The molecular formula is C7H16O2S. The average Bonchev–Trinajstić information content (AvgIpc) is 1.99. The fourth-order valence-electron chi connectivity index (χ4n) is 0.557. The third-order valence-electron chi connectivity index (χ3n) is 1.26. The summed E-state index contributed by atoms with van der Waals surface area (Å²) >= 11 is 4.01. The Morgan fingerprint density at radius 2 is 2.30 bits per heavy atom. The van der Waals surface area contributed by atoms with Crippen molar-refractivity contribution in [1.82, 2.24) is 0 Å². The molecule has 0 aliphatic rings. The molecule has 0 aromatic rings. The molecule has 0 rings (SSSR count). The first-order valence-electron chi connectivity index (χ1n) is 3.68. The van der Waals surface area contributed by atoms with E-state index in [0.717, 1.165) is 19.4 Å². The fraction of sp³-hybridized carbons (Fsp3) is 1.00. The first kappa shape index (κ1) is 10.3. The van der Waals surface area contributed by atoms with Crippen molar-refractivity contribution in [3.05, 3.63) is 0 Å². The van der Waals surface area contributed by atoms with E-state index < -0.39 is 0 Å². The number of ether oxygens (including phenoxy) is 1. The highest BCUT2D eigenvalue weighted by Gasteiger charge is 2.02. The van der Waals surface area contributed by atoms with Gasteiger partial charge >= 0.3 is 0 Å². The van der Waals surface area contributed by atoms with Gasteiger partial charge in [-0.1, -0.05) is 13.3 Å². The topological polar surface area (TPSA) is 29.5 Å². The summed E-state index contributed by atoms with van der Waals surface area (Å²) in [6, 6.07) is 0. The highest BCUT2D eigenvalue weighted by molar-refractivity contribution is 7.80. The molecule has 0 aromatic carbocycles. The minimum absolute atomic E-state index is 0.0742. The van der Waals surface area contributed by atoms with E-state index in [4.69, 9.17) is 9.84 Å². The minimum Gasteiger partial charge on any atom is -0.394 e. The molecule has 1 N–H and O–H groups in total. The molecule has 3 heteroatoms. The van der Waals surface area contributed by atoms with Gasteiger partial charge in [-0.05, 0) is 6.42 Å². The largest absolute Gasteiger partial charge is 0.394 e. The number of aliphatic hydroxyl groups is 1. The van der Waals surface area contributed by atoms with E-state index in [9.17, 15) is 0 Å². The number of thiol groups is 1. The maximum Gasteiger partial charge on any atom is 0.0893 e. The second-order valence-corrected chi connectivity index (χ2v) is 2.58. The molecule has 0 heterocycles. The second-order valence-electron chi connectivity index (χ2n) is 2.21. The predicted molar refractivity (Wildman–Crippen MR) is 45.6 cm³/mol. The molecule has 0 unspecified atom stereocenters. The SMILES string of the molecule is CCCCO[C@@H](CO)CS. The summed E-state index contributed by atoms with van der Waals surface area (Å²) in [5, 5.41) is 8.65. The first-order valence-corrected chi connectivity index (χ1v) is 4.31. The van der Waals surface area contributed by atoms with Crippen LogP contribution in [0.4, 0.5) is 0 Å². The van der Waals surface area contributed by atoms with Gasteiger partial charge in [0.1, 0.15) is 0 Å². The van der Waals surface area contributed by atoms with Crippen molar-refractivity contribution in [3.8, 4) is 0 Å². The maximum absolute atomic E-state index is 8.65. The van der Waals surface area contributed by atoms with Crippen LogP contribution >= 0.6 is 12.6 Å². The molecule has 2 nitrogen and oxygen atoms in total. The first-order chi connectivity index (χ1) is 4.85. The Bertz CT molecular complexity index is 64.6. The molecule has 0 spiro atoms. The summed E-state index contributed by atoms with van der Waals surface area (Å²) in [7, 11) is 0. The van der Waals surface area contributed by atoms with Crippen molar-refractivity contribution in [2.45, 2.75) is 25.9 Å². The van der Waals surface area contributed by atoms with E-state index in [2.05, 4.69) is 19.6 Å². The molecule has 0 fully saturated rings. The van der Waals surface area contributed by atoms with E-state index in [0.29, 0.717) is 5.75 Å². The van der Waals surface area contributed by atoms with Gasteiger partial charge in [-0.2, -0.15) is 12.6 Å². The molecule has 0 saturated carbocycles. The van der Waals surface area contributed by atoms with Crippen LogP contribution < -0.4 is 0 Å². The van der Waals surface area contributed by atoms with E-state index in [1.54, 1.807) is 0 Å². The highest BCUT2D eigenvalue weighted by Crippen LogP contribution is 1.96. The van der Waals surface area contributed by atoms with Gasteiger partial charge in [0, 0.05) is 12.4 Å². The van der Waals surface area contributed by atoms with Gasteiger partial charge in [0.15, 0.2) is 0 Å². The lowest BCUT2D eigenvalue weighted by Gasteiger charge is -2.11. The van der Waals surface area contributed by atoms with Gasteiger partial charge in [0.25, 0.3) is 0 Å². The van der Waals surface area contributed by atoms with Gasteiger partial charge in [-0.3, -0.25) is 0 Å². The molecule has 62 valence electrons. The van der Waals surface area contributed by atoms with Gasteiger partial charge in [0.05, 0.1) is 12.7 Å². The van der Waals surface area contributed by atoms with Crippen molar-refractivity contribution in [2.24, 2.45) is 0 Å². The molecule has 0 amide bonds. The highest BCUT2D eigenvalue weighted by atomic mass is 32.1. The summed E-state index contributed by atoms with van der Waals surface area (Å²) in [6.07, 6.45) is 2.12. The number of hydrogen-bond acceptors (Lipinski definition) is 3. The Hall–Kier alpha value is 0.270. The van der Waals surface area contributed by atoms with Crippen molar-refractivity contribution in [2.75, 3.05) is 19.0 Å². The smallest absolute Gasteiger partial charge is 0.0893 e. The summed E-state index contributed by atoms with van der Waals surface area (Å²) < 4.78 is 5.25. The van der Waals surface area contributed by atoms with E-state index in [-0.39, 0.29) is 12.7 Å². The second kappa shape index (κ2) is 7.38. The Morgan fingerprint density at radius 3 is 2.70 bits per heavy atom. The molecule has 1 atom stereocenters. The Kier molecular flexibility index (Phi) is 7.58. The quantitative estimate of drug-likeness (QED) is 0.454. The third-order valence-corrected chi connectivity index (χ3v) is 1.67. The third kappa shape index (κ3) is 5.09. The van der Waals surface area contributed by atoms with Crippen molar-refractivity contribution >= 4 is 12.6 Å². The van der Waals surface area contributed by atoms with Crippen LogP contribution in [0.2, 0.25) is 0 Å². The summed E-state index contributed by atoms with van der Waals surface area (Å²) in [5.74, 6) is 0.597. The molecule has 10 heavy (non-hydrogen) atoms. The van der Waals surface area contributed by atoms with Crippen LogP contribution in [0, 0.1) is 0 Å². The number of hydrogen-bond donors (Lipinski definition) is 2. The van der Waals surface area contributed by atoms with Crippen molar-refractivity contribution in [3.63, 3.8) is 0 Å². The zero-order valence-corrected chi connectivity index (χ0v) is 7.31. The summed E-state index contributed by atoms with van der Waals surface area (Å²) in [6.45, 7) is 2.92. The molecule has 0 bridgehead atoms. The monoisotopic (exact) mass is 164 g/mol. The van der Waals surface area contributed by atoms with Gasteiger partial charge in [0.2, 0.25) is 0 Å². The van der Waals surface area contributed by atoms with E-state index >= 15 is 0 Å². The van der Waals surface area contributed by atoms with Crippen LogP contribution in [0.25, 0.3) is 0 Å². The van der Waals surface area contributed by atoms with Crippen LogP contribution in [0.5, 0.6) is 0 Å². The van der Waals surface area contributed by atoms with Crippen LogP contribution in [-0.2, 0) is 4.74 Å². The fourth-order valence-corrected chi connectivity index (χ4v) is 0.778. The van der Waals surface area contributed by atoms with Gasteiger partial charge in [-0.25, -0.2) is 0 Å². The van der Waals surface area contributed by atoms with Crippen molar-refractivity contribution < 1.29 is 9.84 Å². The summed E-state index contributed by atoms with van der Waals surface area (Å²) in [4.78, 5) is 0. The molecule has 0 aliphatic heterocycles. The minimum atomic E-state index is -0.0742. The lowest BCUT2D eigenvalue weighted by molar-refractivity contribution is 0.0269. The normalized spacial score (nSPS) is 13.5. The Morgan fingerprint density at radius 1 is 1.60 bits per heavy atom.